The number of nitrogens with zero attached hydrogens (tertiary/aromatic N) is 1. The van der Waals surface area contributed by atoms with Crippen molar-refractivity contribution >= 4 is 5.96 Å². The molecule has 0 aliphatic heterocycles. The highest BCUT2D eigenvalue weighted by Crippen LogP contribution is 2.27. The largest absolute Gasteiger partial charge is 0.496 e. The minimum atomic E-state index is 0.421. The van der Waals surface area contributed by atoms with E-state index in [9.17, 15) is 0 Å². The molecule has 0 spiro atoms. The first-order chi connectivity index (χ1) is 12.6. The van der Waals surface area contributed by atoms with Crippen LogP contribution in [0.5, 0.6) is 17.2 Å². The molecule has 6 heteroatoms. The summed E-state index contributed by atoms with van der Waals surface area (Å²) in [5.41, 5.74) is 9.23. The van der Waals surface area contributed by atoms with Gasteiger partial charge in [0.1, 0.15) is 5.75 Å². The third kappa shape index (κ3) is 5.31. The van der Waals surface area contributed by atoms with Gasteiger partial charge in [-0.25, -0.2) is 4.99 Å². The Labute approximate surface area is 155 Å². The van der Waals surface area contributed by atoms with Gasteiger partial charge in [0.15, 0.2) is 17.5 Å². The predicted molar refractivity (Wildman–Crippen MR) is 104 cm³/mol. The second-order valence-corrected chi connectivity index (χ2v) is 5.87. The molecular formula is C20H27N3O3. The van der Waals surface area contributed by atoms with Gasteiger partial charge >= 0.3 is 0 Å². The van der Waals surface area contributed by atoms with E-state index in [0.717, 1.165) is 40.4 Å². The van der Waals surface area contributed by atoms with Crippen LogP contribution >= 0.6 is 0 Å². The molecule has 2 aromatic rings. The van der Waals surface area contributed by atoms with Crippen molar-refractivity contribution in [3.63, 3.8) is 0 Å². The first-order valence-corrected chi connectivity index (χ1v) is 8.45. The molecule has 2 rings (SSSR count). The fourth-order valence-corrected chi connectivity index (χ4v) is 2.57. The number of benzene rings is 2. The van der Waals surface area contributed by atoms with E-state index in [1.54, 1.807) is 21.3 Å². The van der Waals surface area contributed by atoms with Gasteiger partial charge in [0.05, 0.1) is 27.9 Å². The number of guanidine groups is 1. The number of aliphatic imine (C=N–C) groups is 1. The molecule has 0 fully saturated rings. The van der Waals surface area contributed by atoms with Crippen LogP contribution < -0.4 is 25.3 Å². The van der Waals surface area contributed by atoms with E-state index in [2.05, 4.69) is 10.3 Å². The summed E-state index contributed by atoms with van der Waals surface area (Å²) < 4.78 is 15.9. The number of aryl methyl sites for hydroxylation is 1. The van der Waals surface area contributed by atoms with Gasteiger partial charge in [-0.2, -0.15) is 0 Å². The summed E-state index contributed by atoms with van der Waals surface area (Å²) in [7, 11) is 4.92. The normalized spacial score (nSPS) is 11.2. The van der Waals surface area contributed by atoms with Crippen molar-refractivity contribution in [1.82, 2.24) is 5.32 Å². The highest BCUT2D eigenvalue weighted by molar-refractivity contribution is 5.77. The van der Waals surface area contributed by atoms with Gasteiger partial charge in [0, 0.05) is 6.54 Å². The molecule has 3 N–H and O–H groups in total. The van der Waals surface area contributed by atoms with E-state index < -0.39 is 0 Å². The van der Waals surface area contributed by atoms with Gasteiger partial charge in [-0.05, 0) is 48.2 Å². The van der Waals surface area contributed by atoms with Crippen LogP contribution in [0.1, 0.15) is 16.7 Å². The lowest BCUT2D eigenvalue weighted by Gasteiger charge is -2.10. The molecule has 6 nitrogen and oxygen atoms in total. The van der Waals surface area contributed by atoms with Crippen molar-refractivity contribution in [3.8, 4) is 17.2 Å². The van der Waals surface area contributed by atoms with E-state index >= 15 is 0 Å². The number of hydrogen-bond donors (Lipinski definition) is 2. The molecular weight excluding hydrogens is 330 g/mol. The Kier molecular flexibility index (Phi) is 7.14. The Morgan fingerprint density at radius 1 is 0.923 bits per heavy atom. The number of methoxy groups -OCH3 is 3. The lowest BCUT2D eigenvalue weighted by Crippen LogP contribution is -2.33. The lowest BCUT2D eigenvalue weighted by atomic mass is 10.1. The molecule has 0 atom stereocenters. The minimum absolute atomic E-state index is 0.421. The molecule has 0 heterocycles. The maximum Gasteiger partial charge on any atom is 0.188 e. The monoisotopic (exact) mass is 357 g/mol. The van der Waals surface area contributed by atoms with Gasteiger partial charge in [-0.15, -0.1) is 0 Å². The van der Waals surface area contributed by atoms with Crippen molar-refractivity contribution in [2.24, 2.45) is 10.7 Å². The molecule has 0 unspecified atom stereocenters. The highest BCUT2D eigenvalue weighted by Gasteiger charge is 2.05. The Bertz CT molecular complexity index is 760. The van der Waals surface area contributed by atoms with Crippen molar-refractivity contribution < 1.29 is 14.2 Å². The zero-order valence-corrected chi connectivity index (χ0v) is 15.8. The van der Waals surface area contributed by atoms with E-state index in [0.29, 0.717) is 19.0 Å². The lowest BCUT2D eigenvalue weighted by molar-refractivity contribution is 0.354. The number of nitrogens with one attached hydrogen (secondary N) is 1. The average Bonchev–Trinajstić information content (AvgIpc) is 2.67. The van der Waals surface area contributed by atoms with Crippen LogP contribution in [-0.2, 0) is 13.0 Å². The summed E-state index contributed by atoms with van der Waals surface area (Å²) in [6, 6.07) is 11.9. The van der Waals surface area contributed by atoms with Crippen LogP contribution in [0.15, 0.2) is 41.4 Å². The molecule has 0 radical (unpaired) electrons. The minimum Gasteiger partial charge on any atom is -0.496 e. The summed E-state index contributed by atoms with van der Waals surface area (Å²) in [6.45, 7) is 3.20. The SMILES string of the molecule is COc1cc(CN=C(N)NCCc2ccc(OC)c(OC)c2)ccc1C. The second kappa shape index (κ2) is 9.56. The van der Waals surface area contributed by atoms with Gasteiger partial charge in [-0.3, -0.25) is 0 Å². The van der Waals surface area contributed by atoms with Crippen LogP contribution in [0.4, 0.5) is 0 Å². The second-order valence-electron chi connectivity index (χ2n) is 5.87. The third-order valence-electron chi connectivity index (χ3n) is 4.07. The Morgan fingerprint density at radius 3 is 2.27 bits per heavy atom. The van der Waals surface area contributed by atoms with E-state index in [1.807, 2.05) is 43.3 Å². The van der Waals surface area contributed by atoms with E-state index in [4.69, 9.17) is 19.9 Å². The van der Waals surface area contributed by atoms with Gasteiger partial charge in [0.2, 0.25) is 0 Å². The van der Waals surface area contributed by atoms with Crippen molar-refractivity contribution in [3.05, 3.63) is 53.1 Å². The molecule has 0 aliphatic carbocycles. The smallest absolute Gasteiger partial charge is 0.188 e. The number of hydrogen-bond acceptors (Lipinski definition) is 4. The van der Waals surface area contributed by atoms with Gasteiger partial charge in [0.25, 0.3) is 0 Å². The van der Waals surface area contributed by atoms with Crippen molar-refractivity contribution in [1.29, 1.82) is 0 Å². The summed E-state index contributed by atoms with van der Waals surface area (Å²) in [5.74, 6) is 2.72. The number of rotatable bonds is 8. The van der Waals surface area contributed by atoms with Crippen LogP contribution in [0.3, 0.4) is 0 Å². The molecule has 0 aliphatic rings. The first kappa shape index (κ1) is 19.4. The fraction of sp³-hybridized carbons (Fsp3) is 0.350. The Balaban J connectivity index is 1.86. The summed E-state index contributed by atoms with van der Waals surface area (Å²) >= 11 is 0. The third-order valence-corrected chi connectivity index (χ3v) is 4.07. The zero-order valence-electron chi connectivity index (χ0n) is 15.8. The van der Waals surface area contributed by atoms with Crippen LogP contribution in [0.2, 0.25) is 0 Å². The Hall–Kier alpha value is -2.89. The van der Waals surface area contributed by atoms with Gasteiger partial charge < -0.3 is 25.3 Å². The predicted octanol–water partition coefficient (Wildman–Crippen LogP) is 2.67. The summed E-state index contributed by atoms with van der Waals surface area (Å²) in [5, 5.41) is 3.13. The topological polar surface area (TPSA) is 78.1 Å². The maximum atomic E-state index is 5.95. The quantitative estimate of drug-likeness (QED) is 0.561. The number of nitrogens with two attached hydrogens (primary N) is 1. The first-order valence-electron chi connectivity index (χ1n) is 8.45. The van der Waals surface area contributed by atoms with Crippen LogP contribution in [0, 0.1) is 6.92 Å². The van der Waals surface area contributed by atoms with Crippen molar-refractivity contribution in [2.75, 3.05) is 27.9 Å². The maximum absolute atomic E-state index is 5.95. The summed E-state index contributed by atoms with van der Waals surface area (Å²) in [6.07, 6.45) is 0.801. The van der Waals surface area contributed by atoms with E-state index in [1.165, 1.54) is 0 Å². The average molecular weight is 357 g/mol. The molecule has 0 saturated carbocycles. The van der Waals surface area contributed by atoms with E-state index in [-0.39, 0.29) is 0 Å². The molecule has 0 bridgehead atoms. The Morgan fingerprint density at radius 2 is 1.58 bits per heavy atom. The standard InChI is InChI=1S/C20H27N3O3/c1-14-5-6-16(12-18(14)25-3)13-23-20(21)22-10-9-15-7-8-17(24-2)19(11-15)26-4/h5-8,11-12H,9-10,13H2,1-4H3,(H3,21,22,23). The summed E-state index contributed by atoms with van der Waals surface area (Å²) in [4.78, 5) is 4.37. The fourth-order valence-electron chi connectivity index (χ4n) is 2.57. The molecule has 26 heavy (non-hydrogen) atoms. The zero-order chi connectivity index (χ0) is 18.9. The van der Waals surface area contributed by atoms with Crippen molar-refractivity contribution in [2.45, 2.75) is 19.9 Å². The van der Waals surface area contributed by atoms with Crippen LogP contribution in [-0.4, -0.2) is 33.8 Å². The van der Waals surface area contributed by atoms with Crippen LogP contribution in [0.25, 0.3) is 0 Å². The molecule has 0 aromatic heterocycles. The number of ether oxygens (including phenoxy) is 3. The van der Waals surface area contributed by atoms with Gasteiger partial charge in [-0.1, -0.05) is 18.2 Å². The molecule has 0 saturated heterocycles. The molecule has 140 valence electrons. The molecule has 0 amide bonds. The highest BCUT2D eigenvalue weighted by atomic mass is 16.5. The molecule has 2 aromatic carbocycles.